The highest BCUT2D eigenvalue weighted by Gasteiger charge is 2.31. The number of esters is 2. The lowest BCUT2D eigenvalue weighted by atomic mass is 10.1. The van der Waals surface area contributed by atoms with E-state index in [2.05, 4.69) is 9.46 Å². The maximum atomic E-state index is 12.9. The summed E-state index contributed by atoms with van der Waals surface area (Å²) in [4.78, 5) is 24.1. The van der Waals surface area contributed by atoms with Gasteiger partial charge < -0.3 is 18.9 Å². The largest absolute Gasteiger partial charge is 0.486 e. The Morgan fingerprint density at radius 1 is 1.00 bits per heavy atom. The fourth-order valence-corrected chi connectivity index (χ4v) is 4.19. The van der Waals surface area contributed by atoms with E-state index in [1.165, 1.54) is 49.6 Å². The zero-order chi connectivity index (χ0) is 22.6. The Balaban J connectivity index is 1.75. The molecule has 1 aliphatic heterocycles. The van der Waals surface area contributed by atoms with Crippen molar-refractivity contribution in [1.82, 2.24) is 4.72 Å². The van der Waals surface area contributed by atoms with E-state index in [0.717, 1.165) is 0 Å². The quantitative estimate of drug-likeness (QED) is 0.505. The normalized spacial score (nSPS) is 14.1. The van der Waals surface area contributed by atoms with E-state index < -0.39 is 33.9 Å². The summed E-state index contributed by atoms with van der Waals surface area (Å²) < 4.78 is 48.9. The Kier molecular flexibility index (Phi) is 6.81. The van der Waals surface area contributed by atoms with Gasteiger partial charge in [0.05, 0.1) is 17.6 Å². The Labute approximate surface area is 180 Å². The molecule has 0 aliphatic carbocycles. The molecule has 3 rings (SSSR count). The van der Waals surface area contributed by atoms with E-state index >= 15 is 0 Å². The summed E-state index contributed by atoms with van der Waals surface area (Å²) in [5.74, 6) is -0.744. The molecule has 0 saturated heterocycles. The fourth-order valence-electron chi connectivity index (χ4n) is 2.84. The molecule has 166 valence electrons. The molecule has 0 unspecified atom stereocenters. The first-order valence-electron chi connectivity index (χ1n) is 9.53. The zero-order valence-electron chi connectivity index (χ0n) is 17.3. The number of carbonyl (C=O) groups excluding carboxylic acids is 2. The second kappa shape index (κ2) is 9.36. The third kappa shape index (κ3) is 5.33. The summed E-state index contributed by atoms with van der Waals surface area (Å²) in [7, 11) is -2.78. The molecule has 0 spiro atoms. The summed E-state index contributed by atoms with van der Waals surface area (Å²) in [6.45, 7) is 4.09. The molecule has 2 aromatic carbocycles. The van der Waals surface area contributed by atoms with Crippen molar-refractivity contribution in [2.45, 2.75) is 24.8 Å². The molecule has 1 aliphatic rings. The fraction of sp³-hybridized carbons (Fsp3) is 0.333. The van der Waals surface area contributed by atoms with Crippen molar-refractivity contribution in [3.63, 3.8) is 0 Å². The summed E-state index contributed by atoms with van der Waals surface area (Å²) >= 11 is 0. The molecule has 2 aromatic rings. The maximum absolute atomic E-state index is 12.9. The van der Waals surface area contributed by atoms with Crippen LogP contribution in [0.3, 0.4) is 0 Å². The van der Waals surface area contributed by atoms with Crippen LogP contribution in [0.4, 0.5) is 0 Å². The summed E-state index contributed by atoms with van der Waals surface area (Å²) in [6, 6.07) is 8.84. The molecular formula is C21H23NO8S. The van der Waals surface area contributed by atoms with Crippen molar-refractivity contribution >= 4 is 22.0 Å². The third-order valence-electron chi connectivity index (χ3n) is 4.52. The number of sulfonamides is 1. The number of methoxy groups -OCH3 is 1. The van der Waals surface area contributed by atoms with Crippen LogP contribution >= 0.6 is 0 Å². The van der Waals surface area contributed by atoms with E-state index in [1.54, 1.807) is 13.8 Å². The summed E-state index contributed by atoms with van der Waals surface area (Å²) in [5.41, 5.74) is 0.294. The molecule has 0 radical (unpaired) electrons. The molecule has 31 heavy (non-hydrogen) atoms. The molecule has 0 bridgehead atoms. The Hall–Kier alpha value is -3.11. The van der Waals surface area contributed by atoms with Gasteiger partial charge in [-0.15, -0.1) is 0 Å². The number of ether oxygens (including phenoxy) is 4. The number of carbonyl (C=O) groups is 2. The second-order valence-corrected chi connectivity index (χ2v) is 8.80. The standard InChI is InChI=1S/C21H23NO8S/c1-13(2)19(21(24)30-15-6-4-14(5-7-15)20(23)27-3)22-31(25,26)16-8-9-17-18(12-16)29-11-10-28-17/h4-9,12-13,19,22H,10-11H2,1-3H3/t19-/m0/s1. The van der Waals surface area contributed by atoms with Crippen LogP contribution in [0.15, 0.2) is 47.4 Å². The van der Waals surface area contributed by atoms with E-state index in [0.29, 0.717) is 30.3 Å². The van der Waals surface area contributed by atoms with Gasteiger partial charge >= 0.3 is 11.9 Å². The minimum Gasteiger partial charge on any atom is -0.486 e. The monoisotopic (exact) mass is 449 g/mol. The molecule has 0 aromatic heterocycles. The highest BCUT2D eigenvalue weighted by molar-refractivity contribution is 7.89. The van der Waals surface area contributed by atoms with Crippen LogP contribution in [0.25, 0.3) is 0 Å². The van der Waals surface area contributed by atoms with Crippen molar-refractivity contribution in [3.8, 4) is 17.2 Å². The van der Waals surface area contributed by atoms with Gasteiger partial charge in [0.1, 0.15) is 25.0 Å². The molecule has 10 heteroatoms. The van der Waals surface area contributed by atoms with Crippen molar-refractivity contribution in [3.05, 3.63) is 48.0 Å². The molecule has 0 saturated carbocycles. The maximum Gasteiger partial charge on any atom is 0.337 e. The predicted molar refractivity (Wildman–Crippen MR) is 110 cm³/mol. The van der Waals surface area contributed by atoms with Gasteiger partial charge in [0.25, 0.3) is 0 Å². The summed E-state index contributed by atoms with van der Waals surface area (Å²) in [6.07, 6.45) is 0. The van der Waals surface area contributed by atoms with Gasteiger partial charge in [0, 0.05) is 6.07 Å². The highest BCUT2D eigenvalue weighted by Crippen LogP contribution is 2.32. The van der Waals surface area contributed by atoms with Gasteiger partial charge in [-0.1, -0.05) is 13.8 Å². The van der Waals surface area contributed by atoms with Gasteiger partial charge in [-0.05, 0) is 42.3 Å². The minimum atomic E-state index is -4.04. The van der Waals surface area contributed by atoms with Gasteiger partial charge in [0.2, 0.25) is 10.0 Å². The average Bonchev–Trinajstić information content (AvgIpc) is 2.76. The van der Waals surface area contributed by atoms with E-state index in [1.807, 2.05) is 0 Å². The lowest BCUT2D eigenvalue weighted by Crippen LogP contribution is -2.46. The Bertz CT molecular complexity index is 1060. The molecule has 9 nitrogen and oxygen atoms in total. The first-order valence-corrected chi connectivity index (χ1v) is 11.0. The summed E-state index contributed by atoms with van der Waals surface area (Å²) in [5, 5.41) is 0. The number of rotatable bonds is 7. The zero-order valence-corrected chi connectivity index (χ0v) is 18.1. The highest BCUT2D eigenvalue weighted by atomic mass is 32.2. The van der Waals surface area contributed by atoms with Crippen LogP contribution in [0.5, 0.6) is 17.2 Å². The van der Waals surface area contributed by atoms with Gasteiger partial charge in [-0.3, -0.25) is 0 Å². The molecule has 1 N–H and O–H groups in total. The molecular weight excluding hydrogens is 426 g/mol. The molecule has 1 atom stereocenters. The topological polar surface area (TPSA) is 117 Å². The molecule has 1 heterocycles. The van der Waals surface area contributed by atoms with E-state index in [-0.39, 0.29) is 10.6 Å². The Morgan fingerprint density at radius 2 is 1.65 bits per heavy atom. The van der Waals surface area contributed by atoms with Crippen LogP contribution in [-0.4, -0.2) is 46.7 Å². The lowest BCUT2D eigenvalue weighted by Gasteiger charge is -2.22. The van der Waals surface area contributed by atoms with E-state index in [9.17, 15) is 18.0 Å². The number of fused-ring (bicyclic) bond motifs is 1. The van der Waals surface area contributed by atoms with Crippen LogP contribution in [0.1, 0.15) is 24.2 Å². The minimum absolute atomic E-state index is 0.0577. The van der Waals surface area contributed by atoms with E-state index in [4.69, 9.17) is 14.2 Å². The molecule has 0 fully saturated rings. The van der Waals surface area contributed by atoms with Gasteiger partial charge in [0.15, 0.2) is 11.5 Å². The lowest BCUT2D eigenvalue weighted by molar-refractivity contribution is -0.137. The first-order chi connectivity index (χ1) is 14.7. The second-order valence-electron chi connectivity index (χ2n) is 7.09. The number of hydrogen-bond acceptors (Lipinski definition) is 8. The van der Waals surface area contributed by atoms with Crippen molar-refractivity contribution < 1.29 is 37.0 Å². The molecule has 0 amide bonds. The predicted octanol–water partition coefficient (Wildman–Crippen LogP) is 2.15. The number of nitrogens with one attached hydrogen (secondary N) is 1. The van der Waals surface area contributed by atoms with Crippen molar-refractivity contribution in [2.24, 2.45) is 5.92 Å². The third-order valence-corrected chi connectivity index (χ3v) is 5.96. The van der Waals surface area contributed by atoms with Crippen LogP contribution < -0.4 is 18.9 Å². The van der Waals surface area contributed by atoms with Gasteiger partial charge in [-0.2, -0.15) is 4.72 Å². The van der Waals surface area contributed by atoms with Gasteiger partial charge in [-0.25, -0.2) is 18.0 Å². The first kappa shape index (κ1) is 22.6. The van der Waals surface area contributed by atoms with Crippen LogP contribution in [0, 0.1) is 5.92 Å². The average molecular weight is 449 g/mol. The Morgan fingerprint density at radius 3 is 2.26 bits per heavy atom. The van der Waals surface area contributed by atoms with Crippen LogP contribution in [-0.2, 0) is 19.6 Å². The van der Waals surface area contributed by atoms with Crippen molar-refractivity contribution in [2.75, 3.05) is 20.3 Å². The van der Waals surface area contributed by atoms with Crippen molar-refractivity contribution in [1.29, 1.82) is 0 Å². The SMILES string of the molecule is COC(=O)c1ccc(OC(=O)[C@@H](NS(=O)(=O)c2ccc3c(c2)OCCO3)C(C)C)cc1. The smallest absolute Gasteiger partial charge is 0.337 e. The number of hydrogen-bond donors (Lipinski definition) is 1. The number of benzene rings is 2. The van der Waals surface area contributed by atoms with Crippen LogP contribution in [0.2, 0.25) is 0 Å².